The molecule has 1 heterocycles. The second kappa shape index (κ2) is 6.02. The maximum atomic E-state index is 5.76. The highest BCUT2D eigenvalue weighted by molar-refractivity contribution is 5.55. The van der Waals surface area contributed by atoms with Crippen molar-refractivity contribution in [2.45, 2.75) is 39.2 Å². The molecule has 0 aliphatic rings. The highest BCUT2D eigenvalue weighted by Crippen LogP contribution is 2.20. The Kier molecular flexibility index (Phi) is 4.38. The molecule has 2 rings (SSSR count). The van der Waals surface area contributed by atoms with Crippen molar-refractivity contribution in [3.05, 3.63) is 42.4 Å². The van der Waals surface area contributed by atoms with E-state index in [1.165, 1.54) is 0 Å². The first-order valence-corrected chi connectivity index (χ1v) is 6.80. The summed E-state index contributed by atoms with van der Waals surface area (Å²) in [6, 6.07) is 10.1. The van der Waals surface area contributed by atoms with Crippen LogP contribution in [0.4, 0.5) is 0 Å². The fraction of sp³-hybridized carbons (Fsp3) is 0.438. The van der Waals surface area contributed by atoms with Crippen LogP contribution in [0.5, 0.6) is 0 Å². The fourth-order valence-electron chi connectivity index (χ4n) is 1.86. The van der Waals surface area contributed by atoms with Crippen LogP contribution < -0.4 is 5.32 Å². The van der Waals surface area contributed by atoms with Gasteiger partial charge in [-0.1, -0.05) is 30.3 Å². The Hall–Kier alpha value is -1.61. The molecule has 1 N–H and O–H groups in total. The molecule has 0 aliphatic heterocycles. The van der Waals surface area contributed by atoms with Gasteiger partial charge < -0.3 is 9.73 Å². The summed E-state index contributed by atoms with van der Waals surface area (Å²) in [5.41, 5.74) is 1.25. The lowest BCUT2D eigenvalue weighted by Gasteiger charge is -2.19. The smallest absolute Gasteiger partial charge is 0.194 e. The Morgan fingerprint density at radius 3 is 2.58 bits per heavy atom. The summed E-state index contributed by atoms with van der Waals surface area (Å²) in [6.45, 7) is 7.50. The van der Waals surface area contributed by atoms with Gasteiger partial charge in [-0.2, -0.15) is 0 Å². The topological polar surface area (TPSA) is 38.1 Å². The molecule has 0 atom stereocenters. The van der Waals surface area contributed by atoms with Crippen LogP contribution in [0.2, 0.25) is 0 Å². The van der Waals surface area contributed by atoms with Crippen LogP contribution in [0.1, 0.15) is 33.1 Å². The number of rotatable bonds is 5. The van der Waals surface area contributed by atoms with Gasteiger partial charge in [0, 0.05) is 17.5 Å². The van der Waals surface area contributed by atoms with E-state index in [1.807, 2.05) is 36.5 Å². The minimum atomic E-state index is 0.172. The lowest BCUT2D eigenvalue weighted by molar-refractivity contribution is 0.412. The summed E-state index contributed by atoms with van der Waals surface area (Å²) < 4.78 is 5.76. The highest BCUT2D eigenvalue weighted by atomic mass is 16.4. The van der Waals surface area contributed by atoms with Gasteiger partial charge in [-0.3, -0.25) is 0 Å². The van der Waals surface area contributed by atoms with Crippen LogP contribution >= 0.6 is 0 Å². The van der Waals surface area contributed by atoms with Crippen molar-refractivity contribution in [1.82, 2.24) is 10.3 Å². The van der Waals surface area contributed by atoms with Gasteiger partial charge in [0.05, 0.1) is 6.20 Å². The third-order valence-electron chi connectivity index (χ3n) is 2.83. The molecule has 0 saturated carbocycles. The summed E-state index contributed by atoms with van der Waals surface area (Å²) in [5, 5.41) is 3.46. The standard InChI is InChI=1S/C16H22N2O/c1-16(2,3)18-11-7-10-15-17-12-14(19-15)13-8-5-4-6-9-13/h4-6,8-9,12,18H,7,10-11H2,1-3H3. The molecule has 0 bridgehead atoms. The zero-order valence-electron chi connectivity index (χ0n) is 11.9. The van der Waals surface area contributed by atoms with Crippen molar-refractivity contribution in [2.24, 2.45) is 0 Å². The molecule has 3 nitrogen and oxygen atoms in total. The van der Waals surface area contributed by atoms with E-state index in [4.69, 9.17) is 4.42 Å². The predicted octanol–water partition coefficient (Wildman–Crippen LogP) is 3.66. The summed E-state index contributed by atoms with van der Waals surface area (Å²) in [4.78, 5) is 4.33. The molecular formula is C16H22N2O. The lowest BCUT2D eigenvalue weighted by Crippen LogP contribution is -2.36. The number of benzene rings is 1. The van der Waals surface area contributed by atoms with Crippen molar-refractivity contribution in [2.75, 3.05) is 6.54 Å². The van der Waals surface area contributed by atoms with E-state index in [-0.39, 0.29) is 5.54 Å². The summed E-state index contributed by atoms with van der Waals surface area (Å²) in [7, 11) is 0. The van der Waals surface area contributed by atoms with E-state index in [0.717, 1.165) is 36.6 Å². The molecule has 1 aromatic heterocycles. The Balaban J connectivity index is 1.85. The molecule has 0 radical (unpaired) electrons. The van der Waals surface area contributed by atoms with Gasteiger partial charge in [0.15, 0.2) is 11.7 Å². The Morgan fingerprint density at radius 2 is 1.89 bits per heavy atom. The van der Waals surface area contributed by atoms with Crippen LogP contribution in [0.3, 0.4) is 0 Å². The van der Waals surface area contributed by atoms with E-state index in [0.29, 0.717) is 0 Å². The minimum absolute atomic E-state index is 0.172. The first kappa shape index (κ1) is 13.8. The zero-order chi connectivity index (χ0) is 13.7. The maximum absolute atomic E-state index is 5.76. The number of nitrogens with one attached hydrogen (secondary N) is 1. The summed E-state index contributed by atoms with van der Waals surface area (Å²) in [5.74, 6) is 1.66. The molecule has 0 unspecified atom stereocenters. The van der Waals surface area contributed by atoms with Gasteiger partial charge in [-0.05, 0) is 33.7 Å². The number of hydrogen-bond donors (Lipinski definition) is 1. The third-order valence-corrected chi connectivity index (χ3v) is 2.83. The molecule has 0 fully saturated rings. The molecule has 1 aromatic carbocycles. The Morgan fingerprint density at radius 1 is 1.16 bits per heavy atom. The number of aryl methyl sites for hydroxylation is 1. The second-order valence-electron chi connectivity index (χ2n) is 5.76. The molecule has 19 heavy (non-hydrogen) atoms. The molecule has 0 aliphatic carbocycles. The van der Waals surface area contributed by atoms with Crippen LogP contribution in [-0.2, 0) is 6.42 Å². The van der Waals surface area contributed by atoms with Crippen LogP contribution in [0.25, 0.3) is 11.3 Å². The lowest BCUT2D eigenvalue weighted by atomic mass is 10.1. The molecular weight excluding hydrogens is 236 g/mol. The fourth-order valence-corrected chi connectivity index (χ4v) is 1.86. The van der Waals surface area contributed by atoms with Gasteiger partial charge >= 0.3 is 0 Å². The zero-order valence-corrected chi connectivity index (χ0v) is 11.9. The average Bonchev–Trinajstić information content (AvgIpc) is 2.83. The molecule has 0 amide bonds. The van der Waals surface area contributed by atoms with Crippen molar-refractivity contribution in [3.8, 4) is 11.3 Å². The third kappa shape index (κ3) is 4.52. The maximum Gasteiger partial charge on any atom is 0.194 e. The average molecular weight is 258 g/mol. The SMILES string of the molecule is CC(C)(C)NCCCc1ncc(-c2ccccc2)o1. The first-order chi connectivity index (χ1) is 9.04. The van der Waals surface area contributed by atoms with Crippen molar-refractivity contribution in [3.63, 3.8) is 0 Å². The Bertz CT molecular complexity index is 497. The predicted molar refractivity (Wildman–Crippen MR) is 78.0 cm³/mol. The van der Waals surface area contributed by atoms with Gasteiger partial charge in [0.25, 0.3) is 0 Å². The Labute approximate surface area is 115 Å². The van der Waals surface area contributed by atoms with Crippen molar-refractivity contribution >= 4 is 0 Å². The second-order valence-corrected chi connectivity index (χ2v) is 5.76. The summed E-state index contributed by atoms with van der Waals surface area (Å²) in [6.07, 6.45) is 3.71. The van der Waals surface area contributed by atoms with Gasteiger partial charge in [-0.25, -0.2) is 4.98 Å². The van der Waals surface area contributed by atoms with E-state index in [9.17, 15) is 0 Å². The van der Waals surface area contributed by atoms with Gasteiger partial charge in [-0.15, -0.1) is 0 Å². The molecule has 102 valence electrons. The van der Waals surface area contributed by atoms with Gasteiger partial charge in [0.2, 0.25) is 0 Å². The van der Waals surface area contributed by atoms with Crippen molar-refractivity contribution in [1.29, 1.82) is 0 Å². The van der Waals surface area contributed by atoms with E-state index in [1.54, 1.807) is 0 Å². The van der Waals surface area contributed by atoms with E-state index < -0.39 is 0 Å². The number of hydrogen-bond acceptors (Lipinski definition) is 3. The van der Waals surface area contributed by atoms with Crippen LogP contribution in [0, 0.1) is 0 Å². The quantitative estimate of drug-likeness (QED) is 0.832. The first-order valence-electron chi connectivity index (χ1n) is 6.80. The number of nitrogens with zero attached hydrogens (tertiary/aromatic N) is 1. The molecule has 2 aromatic rings. The molecule has 3 heteroatoms. The largest absolute Gasteiger partial charge is 0.441 e. The van der Waals surface area contributed by atoms with E-state index in [2.05, 4.69) is 31.1 Å². The summed E-state index contributed by atoms with van der Waals surface area (Å²) >= 11 is 0. The normalized spacial score (nSPS) is 11.7. The molecule has 0 saturated heterocycles. The van der Waals surface area contributed by atoms with Crippen LogP contribution in [0.15, 0.2) is 40.9 Å². The molecule has 0 spiro atoms. The monoisotopic (exact) mass is 258 g/mol. The minimum Gasteiger partial charge on any atom is -0.441 e. The van der Waals surface area contributed by atoms with Gasteiger partial charge in [0.1, 0.15) is 0 Å². The van der Waals surface area contributed by atoms with E-state index >= 15 is 0 Å². The number of aromatic nitrogens is 1. The number of oxazole rings is 1. The van der Waals surface area contributed by atoms with Crippen LogP contribution in [-0.4, -0.2) is 17.1 Å². The van der Waals surface area contributed by atoms with Crippen molar-refractivity contribution < 1.29 is 4.42 Å². The highest BCUT2D eigenvalue weighted by Gasteiger charge is 2.09.